The second-order valence-electron chi connectivity index (χ2n) is 6.84. The van der Waals surface area contributed by atoms with Gasteiger partial charge in [0, 0.05) is 36.3 Å². The first kappa shape index (κ1) is 14.9. The minimum Gasteiger partial charge on any atom is -0.374 e. The van der Waals surface area contributed by atoms with Gasteiger partial charge in [0.2, 0.25) is 0 Å². The van der Waals surface area contributed by atoms with Crippen molar-refractivity contribution in [2.24, 2.45) is 5.41 Å². The molecule has 1 aliphatic rings. The van der Waals surface area contributed by atoms with Gasteiger partial charge in [-0.15, -0.1) is 0 Å². The van der Waals surface area contributed by atoms with Gasteiger partial charge in [0.25, 0.3) is 0 Å². The Bertz CT molecular complexity index is 433. The number of hydrogen-bond acceptors (Lipinski definition) is 2. The highest BCUT2D eigenvalue weighted by Crippen LogP contribution is 2.28. The summed E-state index contributed by atoms with van der Waals surface area (Å²) in [5.74, 6) is 0. The zero-order valence-electron chi connectivity index (χ0n) is 12.5. The molecule has 1 aromatic carbocycles. The average Bonchev–Trinajstić information content (AvgIpc) is 3.07. The zero-order chi connectivity index (χ0) is 14.0. The monoisotopic (exact) mass is 324 g/mol. The van der Waals surface area contributed by atoms with Gasteiger partial charge in [-0.3, -0.25) is 0 Å². The molecule has 2 nitrogen and oxygen atoms in total. The second kappa shape index (κ2) is 5.84. The summed E-state index contributed by atoms with van der Waals surface area (Å²) in [6, 6.07) is 7.35. The molecule has 19 heavy (non-hydrogen) atoms. The van der Waals surface area contributed by atoms with Crippen LogP contribution < -0.4 is 10.2 Å². The van der Waals surface area contributed by atoms with Crippen LogP contribution in [0.1, 0.15) is 39.2 Å². The molecule has 1 fully saturated rings. The Morgan fingerprint density at radius 1 is 1.32 bits per heavy atom. The van der Waals surface area contributed by atoms with E-state index in [1.54, 1.807) is 0 Å². The van der Waals surface area contributed by atoms with E-state index >= 15 is 0 Å². The van der Waals surface area contributed by atoms with Crippen molar-refractivity contribution in [3.8, 4) is 0 Å². The lowest BCUT2D eigenvalue weighted by molar-refractivity contribution is 0.418. The third-order valence-electron chi connectivity index (χ3n) is 3.32. The first-order valence-electron chi connectivity index (χ1n) is 7.08. The van der Waals surface area contributed by atoms with Crippen LogP contribution in [0.5, 0.6) is 0 Å². The molecule has 0 atom stereocenters. The molecule has 3 heteroatoms. The maximum absolute atomic E-state index is 3.61. The van der Waals surface area contributed by atoms with Crippen molar-refractivity contribution < 1.29 is 0 Å². The summed E-state index contributed by atoms with van der Waals surface area (Å²) in [7, 11) is 2.19. The number of anilines is 1. The molecule has 0 aromatic heterocycles. The van der Waals surface area contributed by atoms with Gasteiger partial charge in [-0.05, 0) is 42.0 Å². The van der Waals surface area contributed by atoms with Crippen LogP contribution in [-0.2, 0) is 6.54 Å². The molecular formula is C16H25BrN2. The van der Waals surface area contributed by atoms with E-state index in [9.17, 15) is 0 Å². The van der Waals surface area contributed by atoms with E-state index in [4.69, 9.17) is 0 Å². The predicted molar refractivity (Wildman–Crippen MR) is 86.7 cm³/mol. The smallest absolute Gasteiger partial charge is 0.0410 e. The minimum atomic E-state index is 0.309. The van der Waals surface area contributed by atoms with Crippen LogP contribution in [0, 0.1) is 5.41 Å². The summed E-state index contributed by atoms with van der Waals surface area (Å²) in [6.07, 6.45) is 2.67. The average molecular weight is 325 g/mol. The molecule has 0 heterocycles. The highest BCUT2D eigenvalue weighted by atomic mass is 79.9. The Kier molecular flexibility index (Phi) is 4.57. The summed E-state index contributed by atoms with van der Waals surface area (Å²) in [6.45, 7) is 8.87. The lowest BCUT2D eigenvalue weighted by atomic mass is 9.95. The Hall–Kier alpha value is -0.540. The largest absolute Gasteiger partial charge is 0.374 e. The number of halogens is 1. The van der Waals surface area contributed by atoms with Crippen molar-refractivity contribution in [3.05, 3.63) is 28.2 Å². The van der Waals surface area contributed by atoms with Crippen molar-refractivity contribution in [1.29, 1.82) is 0 Å². The molecular weight excluding hydrogens is 300 g/mol. The van der Waals surface area contributed by atoms with Gasteiger partial charge in [0.1, 0.15) is 0 Å². The molecule has 0 aliphatic heterocycles. The van der Waals surface area contributed by atoms with Gasteiger partial charge in [0.15, 0.2) is 0 Å². The Morgan fingerprint density at radius 2 is 2.00 bits per heavy atom. The molecule has 0 bridgehead atoms. The summed E-state index contributed by atoms with van der Waals surface area (Å²) in [5.41, 5.74) is 3.03. The van der Waals surface area contributed by atoms with Crippen LogP contribution >= 0.6 is 15.9 Å². The van der Waals surface area contributed by atoms with Gasteiger partial charge in [-0.2, -0.15) is 0 Å². The molecule has 0 saturated heterocycles. The first-order valence-corrected chi connectivity index (χ1v) is 7.87. The van der Waals surface area contributed by atoms with Crippen LogP contribution in [0.3, 0.4) is 0 Å². The molecule has 0 unspecified atom stereocenters. The van der Waals surface area contributed by atoms with E-state index in [0.717, 1.165) is 23.6 Å². The molecule has 106 valence electrons. The fourth-order valence-corrected chi connectivity index (χ4v) is 2.81. The highest BCUT2D eigenvalue weighted by Gasteiger charge is 2.21. The number of nitrogens with one attached hydrogen (secondary N) is 1. The normalized spacial score (nSPS) is 15.6. The Morgan fingerprint density at radius 3 is 2.58 bits per heavy atom. The maximum atomic E-state index is 3.61. The van der Waals surface area contributed by atoms with Crippen LogP contribution in [0.15, 0.2) is 22.7 Å². The molecule has 0 amide bonds. The van der Waals surface area contributed by atoms with Gasteiger partial charge in [-0.1, -0.05) is 36.7 Å². The quantitative estimate of drug-likeness (QED) is 0.873. The number of rotatable bonds is 5. The number of nitrogens with zero attached hydrogens (tertiary/aromatic N) is 1. The molecule has 1 N–H and O–H groups in total. The lowest BCUT2D eigenvalue weighted by Crippen LogP contribution is -2.30. The van der Waals surface area contributed by atoms with Crippen molar-refractivity contribution in [2.45, 2.75) is 46.2 Å². The van der Waals surface area contributed by atoms with E-state index < -0.39 is 0 Å². The molecule has 1 aliphatic carbocycles. The van der Waals surface area contributed by atoms with E-state index in [2.05, 4.69) is 72.2 Å². The van der Waals surface area contributed by atoms with E-state index in [-0.39, 0.29) is 0 Å². The predicted octanol–water partition coefficient (Wildman–Crippen LogP) is 4.18. The van der Waals surface area contributed by atoms with Gasteiger partial charge >= 0.3 is 0 Å². The molecule has 1 aromatic rings. The van der Waals surface area contributed by atoms with E-state index in [1.807, 2.05) is 0 Å². The summed E-state index contributed by atoms with van der Waals surface area (Å²) in [5, 5.41) is 3.61. The van der Waals surface area contributed by atoms with Crippen LogP contribution in [0.25, 0.3) is 0 Å². The van der Waals surface area contributed by atoms with Crippen molar-refractivity contribution in [1.82, 2.24) is 5.32 Å². The molecule has 0 spiro atoms. The SMILES string of the molecule is CN(CC(C)(C)C)c1ccc(Br)cc1CNC1CC1. The third kappa shape index (κ3) is 4.81. The number of benzene rings is 1. The number of hydrogen-bond donors (Lipinski definition) is 1. The summed E-state index contributed by atoms with van der Waals surface area (Å²) < 4.78 is 1.16. The van der Waals surface area contributed by atoms with Gasteiger partial charge in [0.05, 0.1) is 0 Å². The molecule has 2 rings (SSSR count). The fourth-order valence-electron chi connectivity index (χ4n) is 2.41. The van der Waals surface area contributed by atoms with Crippen LogP contribution in [0.4, 0.5) is 5.69 Å². The van der Waals surface area contributed by atoms with Crippen LogP contribution in [0.2, 0.25) is 0 Å². The van der Waals surface area contributed by atoms with Crippen molar-refractivity contribution in [3.63, 3.8) is 0 Å². The standard InChI is InChI=1S/C16H25BrN2/c1-16(2,3)11-19(4)15-8-5-13(17)9-12(15)10-18-14-6-7-14/h5,8-9,14,18H,6-7,10-11H2,1-4H3. The van der Waals surface area contributed by atoms with Gasteiger partial charge < -0.3 is 10.2 Å². The fraction of sp³-hybridized carbons (Fsp3) is 0.625. The Labute approximate surface area is 125 Å². The summed E-state index contributed by atoms with van der Waals surface area (Å²) in [4.78, 5) is 2.37. The van der Waals surface area contributed by atoms with Crippen molar-refractivity contribution in [2.75, 3.05) is 18.5 Å². The van der Waals surface area contributed by atoms with Crippen LogP contribution in [-0.4, -0.2) is 19.6 Å². The first-order chi connectivity index (χ1) is 8.85. The minimum absolute atomic E-state index is 0.309. The van der Waals surface area contributed by atoms with E-state index in [0.29, 0.717) is 5.41 Å². The summed E-state index contributed by atoms with van der Waals surface area (Å²) >= 11 is 3.58. The lowest BCUT2D eigenvalue weighted by Gasteiger charge is -2.30. The zero-order valence-corrected chi connectivity index (χ0v) is 14.0. The highest BCUT2D eigenvalue weighted by molar-refractivity contribution is 9.10. The topological polar surface area (TPSA) is 15.3 Å². The molecule has 1 saturated carbocycles. The second-order valence-corrected chi connectivity index (χ2v) is 7.76. The van der Waals surface area contributed by atoms with Gasteiger partial charge in [-0.25, -0.2) is 0 Å². The maximum Gasteiger partial charge on any atom is 0.0410 e. The van der Waals surface area contributed by atoms with E-state index in [1.165, 1.54) is 24.1 Å². The van der Waals surface area contributed by atoms with Crippen molar-refractivity contribution >= 4 is 21.6 Å². The third-order valence-corrected chi connectivity index (χ3v) is 3.82. The Balaban J connectivity index is 2.12. The molecule has 0 radical (unpaired) electrons.